The highest BCUT2D eigenvalue weighted by Crippen LogP contribution is 2.14. The van der Waals surface area contributed by atoms with Gasteiger partial charge in [-0.3, -0.25) is 4.79 Å². The van der Waals surface area contributed by atoms with E-state index in [4.69, 9.17) is 5.73 Å². The molecule has 0 saturated heterocycles. The number of thiazole rings is 1. The number of rotatable bonds is 3. The summed E-state index contributed by atoms with van der Waals surface area (Å²) in [6.45, 7) is 4.23. The van der Waals surface area contributed by atoms with Crippen molar-refractivity contribution in [2.24, 2.45) is 5.73 Å². The average Bonchev–Trinajstić information content (AvgIpc) is 2.50. The maximum absolute atomic E-state index is 11.5. The smallest absolute Gasteiger partial charge is 0.239 e. The Bertz CT molecular complexity index is 327. The van der Waals surface area contributed by atoms with E-state index < -0.39 is 6.04 Å². The Morgan fingerprint density at radius 3 is 2.73 bits per heavy atom. The third-order valence-corrected chi connectivity index (χ3v) is 2.91. The minimum atomic E-state index is -0.437. The number of carbonyl (C=O) groups is 1. The highest BCUT2D eigenvalue weighted by molar-refractivity contribution is 7.09. The molecule has 1 unspecified atom stereocenters. The van der Waals surface area contributed by atoms with Crippen LogP contribution >= 0.6 is 23.7 Å². The summed E-state index contributed by atoms with van der Waals surface area (Å²) < 4.78 is 0. The van der Waals surface area contributed by atoms with Crippen LogP contribution in [0, 0.1) is 6.92 Å². The predicted octanol–water partition coefficient (Wildman–Crippen LogP) is 1.18. The van der Waals surface area contributed by atoms with Crippen molar-refractivity contribution in [2.45, 2.75) is 26.4 Å². The first-order valence-electron chi connectivity index (χ1n) is 4.42. The molecule has 0 aromatic carbocycles. The lowest BCUT2D eigenvalue weighted by Gasteiger charge is -2.18. The van der Waals surface area contributed by atoms with Gasteiger partial charge in [0.05, 0.1) is 23.8 Å². The quantitative estimate of drug-likeness (QED) is 0.875. The zero-order valence-electron chi connectivity index (χ0n) is 9.06. The first-order valence-corrected chi connectivity index (χ1v) is 5.30. The normalized spacial score (nSPS) is 11.7. The molecule has 1 aromatic heterocycles. The summed E-state index contributed by atoms with van der Waals surface area (Å²) in [6.07, 6.45) is 0. The minimum Gasteiger partial charge on any atom is -0.339 e. The standard InChI is InChI=1S/C9H15N3OS.ClH/c1-6(10)9(13)12(3)4-8-7(2)11-5-14-8;/h5-6H,4,10H2,1-3H3;1H. The molecule has 86 valence electrons. The van der Waals surface area contributed by atoms with Crippen molar-refractivity contribution in [3.8, 4) is 0 Å². The highest BCUT2D eigenvalue weighted by Gasteiger charge is 2.14. The van der Waals surface area contributed by atoms with Crippen LogP contribution < -0.4 is 5.73 Å². The van der Waals surface area contributed by atoms with Gasteiger partial charge in [0.25, 0.3) is 0 Å². The van der Waals surface area contributed by atoms with Crippen molar-refractivity contribution in [3.63, 3.8) is 0 Å². The van der Waals surface area contributed by atoms with E-state index in [1.807, 2.05) is 6.92 Å². The Morgan fingerprint density at radius 2 is 2.33 bits per heavy atom. The van der Waals surface area contributed by atoms with Crippen molar-refractivity contribution >= 4 is 29.7 Å². The van der Waals surface area contributed by atoms with Gasteiger partial charge in [0.15, 0.2) is 0 Å². The topological polar surface area (TPSA) is 59.2 Å². The number of aromatic nitrogens is 1. The zero-order chi connectivity index (χ0) is 10.7. The molecule has 1 rings (SSSR count). The molecule has 4 nitrogen and oxygen atoms in total. The van der Waals surface area contributed by atoms with E-state index in [1.54, 1.807) is 35.7 Å². The van der Waals surface area contributed by atoms with E-state index in [-0.39, 0.29) is 18.3 Å². The summed E-state index contributed by atoms with van der Waals surface area (Å²) in [5.74, 6) is -0.0437. The number of hydrogen-bond acceptors (Lipinski definition) is 4. The second-order valence-corrected chi connectivity index (χ2v) is 4.28. The van der Waals surface area contributed by atoms with E-state index in [0.29, 0.717) is 6.54 Å². The van der Waals surface area contributed by atoms with Gasteiger partial charge in [0, 0.05) is 11.9 Å². The predicted molar refractivity (Wildman–Crippen MR) is 64.2 cm³/mol. The van der Waals surface area contributed by atoms with E-state index in [1.165, 1.54) is 0 Å². The first kappa shape index (κ1) is 14.3. The number of nitrogens with zero attached hydrogens (tertiary/aromatic N) is 2. The van der Waals surface area contributed by atoms with Gasteiger partial charge in [-0.1, -0.05) is 0 Å². The Labute approximate surface area is 99.9 Å². The van der Waals surface area contributed by atoms with Crippen molar-refractivity contribution < 1.29 is 4.79 Å². The molecule has 1 atom stereocenters. The minimum absolute atomic E-state index is 0. The number of hydrogen-bond donors (Lipinski definition) is 1. The molecule has 0 aliphatic carbocycles. The first-order chi connectivity index (χ1) is 6.52. The summed E-state index contributed by atoms with van der Waals surface area (Å²) in [5.41, 5.74) is 8.27. The Hall–Kier alpha value is -0.650. The fourth-order valence-electron chi connectivity index (χ4n) is 1.12. The number of likely N-dealkylation sites (N-methyl/N-ethyl adjacent to an activating group) is 1. The van der Waals surface area contributed by atoms with Crippen molar-refractivity contribution in [1.29, 1.82) is 0 Å². The van der Waals surface area contributed by atoms with Crippen LogP contribution in [-0.2, 0) is 11.3 Å². The lowest BCUT2D eigenvalue weighted by atomic mass is 10.3. The number of amides is 1. The van der Waals surface area contributed by atoms with Gasteiger partial charge >= 0.3 is 0 Å². The van der Waals surface area contributed by atoms with Gasteiger partial charge in [-0.25, -0.2) is 4.98 Å². The fourth-order valence-corrected chi connectivity index (χ4v) is 1.95. The van der Waals surface area contributed by atoms with E-state index in [2.05, 4.69) is 4.98 Å². The Morgan fingerprint density at radius 1 is 1.73 bits per heavy atom. The van der Waals surface area contributed by atoms with Crippen LogP contribution in [0.5, 0.6) is 0 Å². The number of aryl methyl sites for hydroxylation is 1. The summed E-state index contributed by atoms with van der Waals surface area (Å²) in [6, 6.07) is -0.437. The van der Waals surface area contributed by atoms with Crippen LogP contribution in [0.4, 0.5) is 0 Å². The monoisotopic (exact) mass is 249 g/mol. The van der Waals surface area contributed by atoms with Crippen LogP contribution in [0.3, 0.4) is 0 Å². The Balaban J connectivity index is 0.00000196. The van der Waals surface area contributed by atoms with Gasteiger partial charge in [0.1, 0.15) is 0 Å². The lowest BCUT2D eigenvalue weighted by Crippen LogP contribution is -2.39. The zero-order valence-corrected chi connectivity index (χ0v) is 10.7. The van der Waals surface area contributed by atoms with Crippen molar-refractivity contribution in [2.75, 3.05) is 7.05 Å². The summed E-state index contributed by atoms with van der Waals surface area (Å²) in [5, 5.41) is 0. The molecule has 0 bridgehead atoms. The molecule has 2 N–H and O–H groups in total. The molecule has 6 heteroatoms. The second-order valence-electron chi connectivity index (χ2n) is 3.34. The van der Waals surface area contributed by atoms with Crippen LogP contribution in [0.1, 0.15) is 17.5 Å². The van der Waals surface area contributed by atoms with Crippen LogP contribution in [-0.4, -0.2) is 28.9 Å². The fraction of sp³-hybridized carbons (Fsp3) is 0.556. The molecule has 1 amide bonds. The maximum atomic E-state index is 11.5. The molecule has 0 saturated carbocycles. The average molecular weight is 250 g/mol. The van der Waals surface area contributed by atoms with Gasteiger partial charge in [0.2, 0.25) is 5.91 Å². The molecule has 1 aromatic rings. The van der Waals surface area contributed by atoms with Crippen LogP contribution in [0.25, 0.3) is 0 Å². The van der Waals surface area contributed by atoms with E-state index in [0.717, 1.165) is 10.6 Å². The van der Waals surface area contributed by atoms with E-state index in [9.17, 15) is 4.79 Å². The summed E-state index contributed by atoms with van der Waals surface area (Å²) >= 11 is 1.56. The molecule has 0 fully saturated rings. The summed E-state index contributed by atoms with van der Waals surface area (Å²) in [7, 11) is 1.75. The Kier molecular flexibility index (Phi) is 5.79. The largest absolute Gasteiger partial charge is 0.339 e. The molecular formula is C9H16ClN3OS. The molecule has 0 spiro atoms. The van der Waals surface area contributed by atoms with Crippen LogP contribution in [0.2, 0.25) is 0 Å². The number of halogens is 1. The van der Waals surface area contributed by atoms with Gasteiger partial charge in [-0.05, 0) is 13.8 Å². The van der Waals surface area contributed by atoms with Crippen molar-refractivity contribution in [1.82, 2.24) is 9.88 Å². The second kappa shape index (κ2) is 6.05. The van der Waals surface area contributed by atoms with Crippen molar-refractivity contribution in [3.05, 3.63) is 16.1 Å². The van der Waals surface area contributed by atoms with Gasteiger partial charge in [-0.15, -0.1) is 23.7 Å². The molecule has 0 aliphatic heterocycles. The SMILES string of the molecule is Cc1ncsc1CN(C)C(=O)C(C)N.Cl. The molecular weight excluding hydrogens is 234 g/mol. The molecule has 0 radical (unpaired) electrons. The molecule has 0 aliphatic rings. The third kappa shape index (κ3) is 3.77. The third-order valence-electron chi connectivity index (χ3n) is 1.99. The van der Waals surface area contributed by atoms with Gasteiger partial charge in [-0.2, -0.15) is 0 Å². The number of carbonyl (C=O) groups excluding carboxylic acids is 1. The van der Waals surface area contributed by atoms with E-state index >= 15 is 0 Å². The number of nitrogens with two attached hydrogens (primary N) is 1. The van der Waals surface area contributed by atoms with Crippen LogP contribution in [0.15, 0.2) is 5.51 Å². The lowest BCUT2D eigenvalue weighted by molar-refractivity contribution is -0.131. The molecule has 15 heavy (non-hydrogen) atoms. The molecule has 1 heterocycles. The maximum Gasteiger partial charge on any atom is 0.239 e. The highest BCUT2D eigenvalue weighted by atomic mass is 35.5. The van der Waals surface area contributed by atoms with Gasteiger partial charge < -0.3 is 10.6 Å². The summed E-state index contributed by atoms with van der Waals surface area (Å²) in [4.78, 5) is 18.3.